The summed E-state index contributed by atoms with van der Waals surface area (Å²) in [4.78, 5) is 19.8. The number of carbonyl (C=O) groups is 1. The molecule has 3 aliphatic rings. The molecule has 0 spiro atoms. The van der Waals surface area contributed by atoms with Gasteiger partial charge >= 0.3 is 5.97 Å². The summed E-state index contributed by atoms with van der Waals surface area (Å²) >= 11 is 0. The van der Waals surface area contributed by atoms with Gasteiger partial charge in [-0.25, -0.2) is 4.79 Å². The summed E-state index contributed by atoms with van der Waals surface area (Å²) in [5.74, 6) is -1.54. The number of hydrogen-bond acceptors (Lipinski definition) is 7. The van der Waals surface area contributed by atoms with Crippen LogP contribution in [0.5, 0.6) is 5.75 Å². The minimum atomic E-state index is -2.94. The van der Waals surface area contributed by atoms with E-state index >= 15 is 0 Å². The molecule has 7 nitrogen and oxygen atoms in total. The van der Waals surface area contributed by atoms with E-state index in [9.17, 15) is 9.90 Å². The minimum absolute atomic E-state index is 0.0199. The topological polar surface area (TPSA) is 80.6 Å². The smallest absolute Gasteiger partial charge is 0.337 e. The summed E-state index contributed by atoms with van der Waals surface area (Å²) in [5, 5.41) is 11.9. The molecule has 162 valence electrons. The fraction of sp³-hybridized carbons (Fsp3) is 0.565. The number of aliphatic hydroxyl groups is 1. The van der Waals surface area contributed by atoms with Crippen molar-refractivity contribution in [2.45, 2.75) is 37.8 Å². The van der Waals surface area contributed by atoms with Crippen molar-refractivity contribution in [2.24, 2.45) is 16.8 Å². The van der Waals surface area contributed by atoms with Crippen molar-refractivity contribution in [3.8, 4) is 5.75 Å². The second-order valence-electron chi connectivity index (χ2n) is 8.01. The van der Waals surface area contributed by atoms with Gasteiger partial charge in [0.1, 0.15) is 11.4 Å². The molecule has 0 radical (unpaired) electrons. The zero-order valence-electron chi connectivity index (χ0n) is 23.8. The number of carbonyl (C=O) groups excluding carboxylic acids is 1. The summed E-state index contributed by atoms with van der Waals surface area (Å²) in [6, 6.07) is 4.38. The van der Waals surface area contributed by atoms with Crippen LogP contribution in [0.15, 0.2) is 35.0 Å². The van der Waals surface area contributed by atoms with Gasteiger partial charge in [-0.05, 0) is 36.8 Å². The lowest BCUT2D eigenvalue weighted by atomic mass is 9.70. The Morgan fingerprint density at radius 1 is 1.47 bits per heavy atom. The number of ether oxygens (including phenoxy) is 3. The summed E-state index contributed by atoms with van der Waals surface area (Å²) in [5.41, 5.74) is -0.371. The van der Waals surface area contributed by atoms with Crippen molar-refractivity contribution >= 4 is 17.4 Å². The number of nitrogens with zero attached hydrogens (tertiary/aromatic N) is 2. The van der Waals surface area contributed by atoms with E-state index in [0.717, 1.165) is 6.26 Å². The molecule has 30 heavy (non-hydrogen) atoms. The van der Waals surface area contributed by atoms with Crippen LogP contribution in [0.2, 0.25) is 0 Å². The highest BCUT2D eigenvalue weighted by molar-refractivity contribution is 6.05. The van der Waals surface area contributed by atoms with Crippen molar-refractivity contribution in [3.63, 3.8) is 0 Å². The third kappa shape index (κ3) is 3.11. The van der Waals surface area contributed by atoms with Crippen LogP contribution in [-0.2, 0) is 19.9 Å². The summed E-state index contributed by atoms with van der Waals surface area (Å²) in [6.45, 7) is 3.01. The van der Waals surface area contributed by atoms with Crippen molar-refractivity contribution in [1.82, 2.24) is 4.90 Å². The second kappa shape index (κ2) is 8.04. The molecular weight excluding hydrogens is 384 g/mol. The highest BCUT2D eigenvalue weighted by Crippen LogP contribution is 2.51. The van der Waals surface area contributed by atoms with Gasteiger partial charge in [-0.15, -0.1) is 0 Å². The Hall–Kier alpha value is -2.38. The van der Waals surface area contributed by atoms with Gasteiger partial charge in [-0.3, -0.25) is 9.89 Å². The molecule has 7 heteroatoms. The second-order valence-corrected chi connectivity index (χ2v) is 8.01. The Kier molecular flexibility index (Phi) is 3.71. The highest BCUT2D eigenvalue weighted by Gasteiger charge is 2.54. The first-order chi connectivity index (χ1) is 17.3. The van der Waals surface area contributed by atoms with Crippen LogP contribution in [0.4, 0.5) is 5.69 Å². The van der Waals surface area contributed by atoms with E-state index in [1.165, 1.54) is 6.07 Å². The standard InChI is InChI=1S/C23H30N2O5/c1-5-14-12-25-10-9-23(27)20-17(7-6-8-19(20)29-3)24-21(23)18(25)11-15(14)16(13-28-2)22(26)30-4/h6-8,13-15,18,27H,5,9-12H2,1-4H3/b16-13+/t14-,15+,18+,23+/m1/s1/i2D,3D3,4D3. The van der Waals surface area contributed by atoms with E-state index in [-0.39, 0.29) is 23.7 Å². The minimum Gasteiger partial charge on any atom is -0.504 e. The molecule has 4 atom stereocenters. The zero-order valence-corrected chi connectivity index (χ0v) is 16.8. The van der Waals surface area contributed by atoms with Crippen LogP contribution in [0.3, 0.4) is 0 Å². The predicted octanol–water partition coefficient (Wildman–Crippen LogP) is 2.79. The lowest BCUT2D eigenvalue weighted by molar-refractivity contribution is -0.137. The van der Waals surface area contributed by atoms with Crippen molar-refractivity contribution < 1.29 is 33.7 Å². The van der Waals surface area contributed by atoms with Crippen molar-refractivity contribution in [1.29, 1.82) is 0 Å². The molecular formula is C23H30N2O5. The van der Waals surface area contributed by atoms with E-state index in [4.69, 9.17) is 24.1 Å². The van der Waals surface area contributed by atoms with E-state index in [2.05, 4.69) is 9.64 Å². The van der Waals surface area contributed by atoms with Crippen LogP contribution in [0.25, 0.3) is 0 Å². The van der Waals surface area contributed by atoms with E-state index < -0.39 is 44.7 Å². The summed E-state index contributed by atoms with van der Waals surface area (Å²) in [7, 11) is -6.11. The average molecular weight is 422 g/mol. The van der Waals surface area contributed by atoms with Gasteiger partial charge in [-0.1, -0.05) is 19.4 Å². The number of aliphatic imine (C=N–C) groups is 1. The lowest BCUT2D eigenvalue weighted by Crippen LogP contribution is -2.60. The Morgan fingerprint density at radius 2 is 2.37 bits per heavy atom. The van der Waals surface area contributed by atoms with Gasteiger partial charge in [-0.2, -0.15) is 0 Å². The maximum absolute atomic E-state index is 12.9. The molecule has 0 aromatic heterocycles. The van der Waals surface area contributed by atoms with Gasteiger partial charge in [0.25, 0.3) is 0 Å². The van der Waals surface area contributed by atoms with Crippen LogP contribution >= 0.6 is 0 Å². The maximum atomic E-state index is 12.9. The SMILES string of the molecule is [2H]CO/C=C(/C(=O)OC([2H])([2H])[2H])[C@H]1C[C@H]2C3=Nc4cccc(OC([2H])([2H])[2H])c4[C@@]3(O)CCN2C[C@H]1CC. The van der Waals surface area contributed by atoms with E-state index in [1.54, 1.807) is 12.1 Å². The van der Waals surface area contributed by atoms with E-state index in [0.29, 0.717) is 42.9 Å². The molecule has 3 aliphatic heterocycles. The first-order valence-electron chi connectivity index (χ1n) is 13.7. The molecule has 0 bridgehead atoms. The third-order valence-corrected chi connectivity index (χ3v) is 6.69. The molecule has 0 aliphatic carbocycles. The lowest BCUT2D eigenvalue weighted by Gasteiger charge is -2.50. The zero-order chi connectivity index (χ0) is 27.2. The van der Waals surface area contributed by atoms with E-state index in [1.807, 2.05) is 6.92 Å². The molecule has 1 aromatic rings. The maximum Gasteiger partial charge on any atom is 0.337 e. The monoisotopic (exact) mass is 421 g/mol. The first kappa shape index (κ1) is 13.8. The predicted molar refractivity (Wildman–Crippen MR) is 113 cm³/mol. The Bertz CT molecular complexity index is 1100. The number of benzene rings is 1. The molecule has 2 fully saturated rings. The number of piperidine rings is 2. The van der Waals surface area contributed by atoms with Gasteiger partial charge in [0, 0.05) is 13.1 Å². The third-order valence-electron chi connectivity index (χ3n) is 6.69. The normalized spacial score (nSPS) is 34.9. The van der Waals surface area contributed by atoms with Crippen LogP contribution in [0, 0.1) is 11.8 Å². The van der Waals surface area contributed by atoms with Crippen LogP contribution in [0.1, 0.15) is 41.3 Å². The van der Waals surface area contributed by atoms with Crippen molar-refractivity contribution in [3.05, 3.63) is 35.6 Å². The Morgan fingerprint density at radius 3 is 3.13 bits per heavy atom. The van der Waals surface area contributed by atoms with Gasteiger partial charge < -0.3 is 19.3 Å². The molecule has 1 aromatic carbocycles. The van der Waals surface area contributed by atoms with Crippen LogP contribution < -0.4 is 4.74 Å². The number of hydrogen-bond donors (Lipinski definition) is 1. The number of methoxy groups -OCH3 is 3. The average Bonchev–Trinajstić information content (AvgIpc) is 3.10. The molecule has 0 amide bonds. The largest absolute Gasteiger partial charge is 0.504 e. The highest BCUT2D eigenvalue weighted by atomic mass is 16.5. The van der Waals surface area contributed by atoms with Gasteiger partial charge in [0.15, 0.2) is 0 Å². The fourth-order valence-electron chi connectivity index (χ4n) is 5.27. The molecule has 3 heterocycles. The fourth-order valence-corrected chi connectivity index (χ4v) is 5.27. The number of fused-ring (bicyclic) bond motifs is 5. The van der Waals surface area contributed by atoms with Gasteiger partial charge in [0.05, 0.1) is 65.6 Å². The Balaban J connectivity index is 1.70. The quantitative estimate of drug-likeness (QED) is 0.447. The molecule has 1 N–H and O–H groups in total. The number of esters is 1. The summed E-state index contributed by atoms with van der Waals surface area (Å²) in [6.07, 6.45) is 2.38. The van der Waals surface area contributed by atoms with Crippen molar-refractivity contribution in [2.75, 3.05) is 34.3 Å². The summed E-state index contributed by atoms with van der Waals surface area (Å²) < 4.78 is 66.9. The first-order valence-corrected chi connectivity index (χ1v) is 9.99. The molecule has 4 rings (SSSR count). The molecule has 0 unspecified atom stereocenters. The van der Waals surface area contributed by atoms with Gasteiger partial charge in [0.2, 0.25) is 0 Å². The number of rotatable bonds is 5. The molecule has 0 saturated carbocycles. The Labute approximate surface area is 187 Å². The molecule has 2 saturated heterocycles. The van der Waals surface area contributed by atoms with Crippen LogP contribution in [-0.4, -0.2) is 62.0 Å².